The Hall–Kier alpha value is -0.320. The zero-order valence-electron chi connectivity index (χ0n) is 19.4. The van der Waals surface area contributed by atoms with E-state index in [1.54, 1.807) is 0 Å². The number of unbranched alkanes of at least 4 members (excludes halogenated alkanes) is 4. The van der Waals surface area contributed by atoms with Gasteiger partial charge >= 0.3 is 17.2 Å². The molecule has 1 rings (SSSR count). The Morgan fingerprint density at radius 2 is 1.15 bits per heavy atom. The van der Waals surface area contributed by atoms with Crippen molar-refractivity contribution in [2.75, 3.05) is 26.4 Å². The van der Waals surface area contributed by atoms with Crippen molar-refractivity contribution in [2.24, 2.45) is 11.3 Å². The third kappa shape index (κ3) is 19.7. The summed E-state index contributed by atoms with van der Waals surface area (Å²) in [6.07, 6.45) is 6.58. The fourth-order valence-corrected chi connectivity index (χ4v) is 3.04. The molecule has 0 aromatic heterocycles. The van der Waals surface area contributed by atoms with Crippen LogP contribution >= 0.6 is 17.2 Å². The number of hydrogen-bond donors (Lipinski definition) is 9. The molecule has 1 aromatic carbocycles. The molecule has 0 heterocycles. The molecule has 1 unspecified atom stereocenters. The van der Waals surface area contributed by atoms with E-state index in [4.69, 9.17) is 34.1 Å². The van der Waals surface area contributed by atoms with Crippen LogP contribution in [0.25, 0.3) is 0 Å². The third-order valence-electron chi connectivity index (χ3n) is 4.81. The van der Waals surface area contributed by atoms with Crippen LogP contribution in [0.2, 0.25) is 0 Å². The van der Waals surface area contributed by atoms with Gasteiger partial charge in [0.2, 0.25) is 0 Å². The van der Waals surface area contributed by atoms with Gasteiger partial charge in [-0.25, -0.2) is 0 Å². The van der Waals surface area contributed by atoms with Crippen LogP contribution < -0.4 is 0 Å². The monoisotopic (exact) mass is 516 g/mol. The van der Waals surface area contributed by atoms with Crippen molar-refractivity contribution in [1.82, 2.24) is 0 Å². The number of aliphatic hydroxyl groups excluding tert-OH is 3. The highest BCUT2D eigenvalue weighted by molar-refractivity contribution is 7.38. The van der Waals surface area contributed by atoms with Crippen LogP contribution in [0.4, 0.5) is 0 Å². The fourth-order valence-electron chi connectivity index (χ4n) is 3.04. The van der Waals surface area contributed by atoms with Crippen LogP contribution in [-0.2, 0) is 4.74 Å². The summed E-state index contributed by atoms with van der Waals surface area (Å²) in [7, 11) is -5.24. The van der Waals surface area contributed by atoms with Gasteiger partial charge in [0.25, 0.3) is 0 Å². The molecule has 0 aliphatic carbocycles. The lowest BCUT2D eigenvalue weighted by molar-refractivity contribution is -0.117. The lowest BCUT2D eigenvalue weighted by Crippen LogP contribution is -2.41. The van der Waals surface area contributed by atoms with Gasteiger partial charge in [-0.2, -0.15) is 0 Å². The maximum absolute atomic E-state index is 9.75. The van der Waals surface area contributed by atoms with E-state index in [0.717, 1.165) is 24.3 Å². The Labute approximate surface area is 199 Å². The molecule has 12 heteroatoms. The van der Waals surface area contributed by atoms with Gasteiger partial charge < -0.3 is 49.4 Å². The van der Waals surface area contributed by atoms with E-state index >= 15 is 0 Å². The summed E-state index contributed by atoms with van der Waals surface area (Å²) in [5.41, 5.74) is -0.199. The minimum atomic E-state index is -2.62. The third-order valence-corrected chi connectivity index (χ3v) is 4.81. The first-order valence-corrected chi connectivity index (χ1v) is 13.2. The molecular formula is C21H42O10P2. The van der Waals surface area contributed by atoms with Gasteiger partial charge in [-0.1, -0.05) is 76.3 Å². The van der Waals surface area contributed by atoms with Crippen LogP contribution in [0.5, 0.6) is 0 Å². The predicted molar refractivity (Wildman–Crippen MR) is 129 cm³/mol. The van der Waals surface area contributed by atoms with Gasteiger partial charge in [0, 0.05) is 6.61 Å². The summed E-state index contributed by atoms with van der Waals surface area (Å²) in [5, 5.41) is 29.3. The molecule has 0 saturated carbocycles. The molecular weight excluding hydrogens is 474 g/mol. The first kappa shape index (κ1) is 34.8. The average Bonchev–Trinajstić information content (AvgIpc) is 2.75. The highest BCUT2D eigenvalue weighted by Gasteiger charge is 2.39. The minimum absolute atomic E-state index is 0.325. The average molecular weight is 517 g/mol. The zero-order valence-corrected chi connectivity index (χ0v) is 21.2. The Balaban J connectivity index is 0. The summed E-state index contributed by atoms with van der Waals surface area (Å²) in [4.78, 5) is 43.4. The largest absolute Gasteiger partial charge is 0.395 e. The number of rotatable bonds is 14. The maximum Gasteiger partial charge on any atom is 0.324 e. The van der Waals surface area contributed by atoms with Crippen molar-refractivity contribution >= 4 is 17.2 Å². The Morgan fingerprint density at radius 3 is 1.58 bits per heavy atom. The molecule has 33 heavy (non-hydrogen) atoms. The van der Waals surface area contributed by atoms with E-state index < -0.39 is 28.7 Å². The van der Waals surface area contributed by atoms with Gasteiger partial charge in [-0.05, 0) is 17.9 Å². The van der Waals surface area contributed by atoms with Crippen LogP contribution in [0, 0.1) is 11.3 Å². The zero-order chi connectivity index (χ0) is 25.7. The van der Waals surface area contributed by atoms with Crippen molar-refractivity contribution in [3.05, 3.63) is 35.9 Å². The molecule has 0 aliphatic heterocycles. The Morgan fingerprint density at radius 1 is 0.727 bits per heavy atom. The van der Waals surface area contributed by atoms with E-state index in [2.05, 4.69) is 13.8 Å². The van der Waals surface area contributed by atoms with Crippen LogP contribution in [0.3, 0.4) is 0 Å². The molecule has 1 atom stereocenters. The predicted octanol–water partition coefficient (Wildman–Crippen LogP) is 2.08. The Kier molecular flexibility index (Phi) is 23.4. The van der Waals surface area contributed by atoms with Crippen molar-refractivity contribution < 1.29 is 49.4 Å². The highest BCUT2D eigenvalue weighted by Crippen LogP contribution is 2.36. The molecule has 10 nitrogen and oxygen atoms in total. The molecule has 0 bridgehead atoms. The molecule has 0 fully saturated rings. The lowest BCUT2D eigenvalue weighted by Gasteiger charge is -2.36. The van der Waals surface area contributed by atoms with Gasteiger partial charge in [0.1, 0.15) is 0 Å². The van der Waals surface area contributed by atoms with Crippen molar-refractivity contribution in [3.63, 3.8) is 0 Å². The molecule has 0 spiro atoms. The summed E-state index contributed by atoms with van der Waals surface area (Å²) >= 11 is 0. The van der Waals surface area contributed by atoms with Crippen molar-refractivity contribution in [3.8, 4) is 0 Å². The number of benzene rings is 1. The highest BCUT2D eigenvalue weighted by atomic mass is 31.2. The second kappa shape index (κ2) is 22.2. The number of hydrogen-bond acceptors (Lipinski definition) is 10. The Bertz CT molecular complexity index is 511. The molecule has 196 valence electrons. The molecule has 0 aliphatic rings. The second-order valence-electron chi connectivity index (χ2n) is 7.99. The summed E-state index contributed by atoms with van der Waals surface area (Å²) in [5.74, 6) is 0.776. The maximum atomic E-state index is 9.75. The second-order valence-corrected chi connectivity index (χ2v) is 9.06. The molecule has 0 saturated heterocycles. The van der Waals surface area contributed by atoms with E-state index in [1.165, 1.54) is 25.7 Å². The summed E-state index contributed by atoms with van der Waals surface area (Å²) in [6.45, 7) is 4.10. The fraction of sp³-hybridized carbons (Fsp3) is 0.714. The topological polar surface area (TPSA) is 191 Å². The quantitative estimate of drug-likeness (QED) is 0.131. The van der Waals surface area contributed by atoms with Gasteiger partial charge in [0.15, 0.2) is 0 Å². The summed E-state index contributed by atoms with van der Waals surface area (Å²) < 4.78 is 6.03. The van der Waals surface area contributed by atoms with Crippen molar-refractivity contribution in [1.29, 1.82) is 0 Å². The lowest BCUT2D eigenvalue weighted by atomic mass is 9.80. The molecule has 9 N–H and O–H groups in total. The molecule has 0 amide bonds. The first-order chi connectivity index (χ1) is 15.6. The van der Waals surface area contributed by atoms with E-state index in [-0.39, 0.29) is 19.8 Å². The SMILES string of the molecule is CC(C)CCCCCCCOC(c1ccccc1)C(CO)(CO)CO.OP(O)O.OP(O)O. The van der Waals surface area contributed by atoms with E-state index in [9.17, 15) is 15.3 Å². The van der Waals surface area contributed by atoms with E-state index in [0.29, 0.717) is 6.61 Å². The summed E-state index contributed by atoms with van der Waals surface area (Å²) in [6, 6.07) is 9.53. The molecule has 0 radical (unpaired) electrons. The standard InChI is InChI=1S/C21H36O4.2H3O3P/c1-18(2)11-7-4-3-5-10-14-25-20(19-12-8-6-9-13-19)21(15-22,16-23)17-24;2*1-4(2)3/h6,8-9,12-13,18,20,22-24H,3-5,7,10-11,14-17H2,1-2H3;2*1-3H. The van der Waals surface area contributed by atoms with Crippen molar-refractivity contribution in [2.45, 2.75) is 58.5 Å². The minimum Gasteiger partial charge on any atom is -0.395 e. The van der Waals surface area contributed by atoms with Gasteiger partial charge in [-0.3, -0.25) is 0 Å². The van der Waals surface area contributed by atoms with Gasteiger partial charge in [-0.15, -0.1) is 0 Å². The number of ether oxygens (including phenoxy) is 1. The smallest absolute Gasteiger partial charge is 0.324 e. The first-order valence-electron chi connectivity index (χ1n) is 10.8. The van der Waals surface area contributed by atoms with Gasteiger partial charge in [0.05, 0.1) is 31.3 Å². The van der Waals surface area contributed by atoms with Crippen LogP contribution in [0.1, 0.15) is 64.0 Å². The molecule has 1 aromatic rings. The van der Waals surface area contributed by atoms with Crippen LogP contribution in [-0.4, -0.2) is 71.1 Å². The van der Waals surface area contributed by atoms with E-state index in [1.807, 2.05) is 30.3 Å². The number of aliphatic hydroxyl groups is 3. The van der Waals surface area contributed by atoms with Crippen LogP contribution in [0.15, 0.2) is 30.3 Å². The normalized spacial score (nSPS) is 12.3.